The Kier molecular flexibility index (Phi) is 6.65. The van der Waals surface area contributed by atoms with Crippen LogP contribution in [0.1, 0.15) is 24.5 Å². The number of nitrogens with one attached hydrogen (secondary N) is 1. The molecule has 152 valence electrons. The second-order valence-electron chi connectivity index (χ2n) is 7.41. The van der Waals surface area contributed by atoms with E-state index in [4.69, 9.17) is 0 Å². The molecule has 0 spiro atoms. The summed E-state index contributed by atoms with van der Waals surface area (Å²) in [6, 6.07) is 17.4. The number of benzene rings is 2. The van der Waals surface area contributed by atoms with E-state index in [1.165, 1.54) is 4.90 Å². The summed E-state index contributed by atoms with van der Waals surface area (Å²) in [6.07, 6.45) is 1.00. The zero-order valence-corrected chi connectivity index (χ0v) is 16.9. The van der Waals surface area contributed by atoms with E-state index in [9.17, 15) is 14.4 Å². The van der Waals surface area contributed by atoms with E-state index in [1.54, 1.807) is 11.9 Å². The van der Waals surface area contributed by atoms with Gasteiger partial charge in [-0.3, -0.25) is 14.4 Å². The van der Waals surface area contributed by atoms with Gasteiger partial charge in [-0.2, -0.15) is 0 Å². The largest absolute Gasteiger partial charge is 0.338 e. The molecular formula is C23H27N3O3. The summed E-state index contributed by atoms with van der Waals surface area (Å²) >= 11 is 0. The van der Waals surface area contributed by atoms with E-state index < -0.39 is 5.92 Å². The van der Waals surface area contributed by atoms with Crippen LogP contribution in [0.25, 0.3) is 0 Å². The number of amides is 3. The maximum absolute atomic E-state index is 12.8. The van der Waals surface area contributed by atoms with Gasteiger partial charge in [-0.1, -0.05) is 55.5 Å². The van der Waals surface area contributed by atoms with Gasteiger partial charge in [0, 0.05) is 32.2 Å². The summed E-state index contributed by atoms with van der Waals surface area (Å²) in [7, 11) is 1.61. The summed E-state index contributed by atoms with van der Waals surface area (Å²) in [4.78, 5) is 40.6. The predicted molar refractivity (Wildman–Crippen MR) is 112 cm³/mol. The maximum atomic E-state index is 12.8. The van der Waals surface area contributed by atoms with Gasteiger partial charge in [0.25, 0.3) is 0 Å². The standard InChI is InChI=1S/C23H27N3O3/c1-3-18-11-7-8-12-20(18)24-21(27)16-25(2)23(29)19-13-22(28)26(15-19)14-17-9-5-4-6-10-17/h4-12,19H,3,13-16H2,1-2H3,(H,24,27). The van der Waals surface area contributed by atoms with E-state index in [-0.39, 0.29) is 30.7 Å². The van der Waals surface area contributed by atoms with Crippen molar-refractivity contribution >= 4 is 23.4 Å². The molecule has 1 fully saturated rings. The van der Waals surface area contributed by atoms with Crippen molar-refractivity contribution in [3.8, 4) is 0 Å². The first-order valence-corrected chi connectivity index (χ1v) is 9.92. The van der Waals surface area contributed by atoms with Gasteiger partial charge >= 0.3 is 0 Å². The van der Waals surface area contributed by atoms with E-state index in [1.807, 2.05) is 61.5 Å². The van der Waals surface area contributed by atoms with E-state index in [0.717, 1.165) is 23.2 Å². The van der Waals surface area contributed by atoms with Crippen molar-refractivity contribution in [2.45, 2.75) is 26.3 Å². The fraction of sp³-hybridized carbons (Fsp3) is 0.348. The highest BCUT2D eigenvalue weighted by atomic mass is 16.2. The minimum Gasteiger partial charge on any atom is -0.338 e. The minimum absolute atomic E-state index is 0.0260. The summed E-state index contributed by atoms with van der Waals surface area (Å²) in [5.41, 5.74) is 2.86. The van der Waals surface area contributed by atoms with Gasteiger partial charge in [0.1, 0.15) is 0 Å². The summed E-state index contributed by atoms with van der Waals surface area (Å²) in [5, 5.41) is 2.88. The minimum atomic E-state index is -0.410. The van der Waals surface area contributed by atoms with Crippen molar-refractivity contribution in [2.75, 3.05) is 25.5 Å². The molecular weight excluding hydrogens is 366 g/mol. The topological polar surface area (TPSA) is 69.7 Å². The number of anilines is 1. The fourth-order valence-electron chi connectivity index (χ4n) is 3.64. The SMILES string of the molecule is CCc1ccccc1NC(=O)CN(C)C(=O)C1CC(=O)N(Cc2ccccc2)C1. The average Bonchev–Trinajstić information content (AvgIpc) is 3.08. The molecule has 1 heterocycles. The maximum Gasteiger partial charge on any atom is 0.243 e. The Labute approximate surface area is 171 Å². The molecule has 2 aromatic rings. The Bertz CT molecular complexity index is 882. The van der Waals surface area contributed by atoms with Gasteiger partial charge in [0.2, 0.25) is 17.7 Å². The molecule has 0 aliphatic carbocycles. The molecule has 6 nitrogen and oxygen atoms in total. The molecule has 3 rings (SSSR count). The lowest BCUT2D eigenvalue weighted by Crippen LogP contribution is -2.39. The Morgan fingerprint density at radius 3 is 2.52 bits per heavy atom. The van der Waals surface area contributed by atoms with Crippen molar-refractivity contribution in [3.63, 3.8) is 0 Å². The first-order valence-electron chi connectivity index (χ1n) is 9.92. The lowest BCUT2D eigenvalue weighted by atomic mass is 10.1. The Hall–Kier alpha value is -3.15. The van der Waals surface area contributed by atoms with Crippen molar-refractivity contribution < 1.29 is 14.4 Å². The number of para-hydroxylation sites is 1. The number of likely N-dealkylation sites (tertiary alicyclic amines) is 1. The van der Waals surface area contributed by atoms with Gasteiger partial charge in [-0.25, -0.2) is 0 Å². The molecule has 29 heavy (non-hydrogen) atoms. The van der Waals surface area contributed by atoms with Gasteiger partial charge in [0.05, 0.1) is 12.5 Å². The predicted octanol–water partition coefficient (Wildman–Crippen LogP) is 2.69. The third-order valence-corrected chi connectivity index (χ3v) is 5.21. The van der Waals surface area contributed by atoms with Crippen LogP contribution in [0.3, 0.4) is 0 Å². The van der Waals surface area contributed by atoms with Crippen molar-refractivity contribution in [2.24, 2.45) is 5.92 Å². The molecule has 1 unspecified atom stereocenters. The highest BCUT2D eigenvalue weighted by Gasteiger charge is 2.36. The zero-order chi connectivity index (χ0) is 20.8. The summed E-state index contributed by atoms with van der Waals surface area (Å²) in [6.45, 7) is 2.87. The third-order valence-electron chi connectivity index (χ3n) is 5.21. The first-order chi connectivity index (χ1) is 14.0. The number of carbonyl (C=O) groups is 3. The molecule has 0 saturated carbocycles. The quantitative estimate of drug-likeness (QED) is 0.786. The van der Waals surface area contributed by atoms with Gasteiger partial charge in [-0.15, -0.1) is 0 Å². The molecule has 1 saturated heterocycles. The normalized spacial score (nSPS) is 16.0. The Balaban J connectivity index is 1.54. The number of rotatable bonds is 7. The second kappa shape index (κ2) is 9.37. The lowest BCUT2D eigenvalue weighted by Gasteiger charge is -2.21. The number of hydrogen-bond donors (Lipinski definition) is 1. The molecule has 2 aromatic carbocycles. The number of aryl methyl sites for hydroxylation is 1. The van der Waals surface area contributed by atoms with E-state index in [2.05, 4.69) is 5.32 Å². The second-order valence-corrected chi connectivity index (χ2v) is 7.41. The first kappa shape index (κ1) is 20.6. The van der Waals surface area contributed by atoms with Gasteiger partial charge < -0.3 is 15.1 Å². The smallest absolute Gasteiger partial charge is 0.243 e. The number of carbonyl (C=O) groups excluding carboxylic acids is 3. The molecule has 0 radical (unpaired) electrons. The van der Waals surface area contributed by atoms with Crippen molar-refractivity contribution in [1.82, 2.24) is 9.80 Å². The zero-order valence-electron chi connectivity index (χ0n) is 16.9. The monoisotopic (exact) mass is 393 g/mol. The number of likely N-dealkylation sites (N-methyl/N-ethyl adjacent to an activating group) is 1. The lowest BCUT2D eigenvalue weighted by molar-refractivity contribution is -0.137. The number of hydrogen-bond acceptors (Lipinski definition) is 3. The molecule has 1 aliphatic rings. The van der Waals surface area contributed by atoms with Crippen molar-refractivity contribution in [3.05, 3.63) is 65.7 Å². The molecule has 0 aromatic heterocycles. The number of nitrogens with zero attached hydrogens (tertiary/aromatic N) is 2. The Morgan fingerprint density at radius 2 is 1.79 bits per heavy atom. The van der Waals surface area contributed by atoms with Crippen LogP contribution >= 0.6 is 0 Å². The molecule has 3 amide bonds. The van der Waals surface area contributed by atoms with Crippen LogP contribution < -0.4 is 5.32 Å². The van der Waals surface area contributed by atoms with Crippen molar-refractivity contribution in [1.29, 1.82) is 0 Å². The third kappa shape index (κ3) is 5.22. The van der Waals surface area contributed by atoms with Crippen LogP contribution in [0.2, 0.25) is 0 Å². The highest BCUT2D eigenvalue weighted by Crippen LogP contribution is 2.22. The molecule has 1 aliphatic heterocycles. The van der Waals surface area contributed by atoms with Crippen LogP contribution in [0.5, 0.6) is 0 Å². The molecule has 1 N–H and O–H groups in total. The Morgan fingerprint density at radius 1 is 1.10 bits per heavy atom. The molecule has 6 heteroatoms. The van der Waals surface area contributed by atoms with Crippen LogP contribution in [0.15, 0.2) is 54.6 Å². The van der Waals surface area contributed by atoms with Gasteiger partial charge in [0.15, 0.2) is 0 Å². The van der Waals surface area contributed by atoms with Crippen LogP contribution in [-0.4, -0.2) is 47.7 Å². The fourth-order valence-corrected chi connectivity index (χ4v) is 3.64. The van der Waals surface area contributed by atoms with Crippen LogP contribution in [0.4, 0.5) is 5.69 Å². The van der Waals surface area contributed by atoms with E-state index in [0.29, 0.717) is 13.1 Å². The van der Waals surface area contributed by atoms with Crippen LogP contribution in [-0.2, 0) is 27.3 Å². The van der Waals surface area contributed by atoms with Gasteiger partial charge in [-0.05, 0) is 23.6 Å². The van der Waals surface area contributed by atoms with E-state index >= 15 is 0 Å². The van der Waals surface area contributed by atoms with Crippen LogP contribution in [0, 0.1) is 5.92 Å². The average molecular weight is 393 g/mol. The summed E-state index contributed by atoms with van der Waals surface area (Å²) < 4.78 is 0. The molecule has 0 bridgehead atoms. The highest BCUT2D eigenvalue weighted by molar-refractivity contribution is 5.96. The summed E-state index contributed by atoms with van der Waals surface area (Å²) in [5.74, 6) is -0.853. The molecule has 1 atom stereocenters.